The van der Waals surface area contributed by atoms with E-state index in [4.69, 9.17) is 17.0 Å². The van der Waals surface area contributed by atoms with Gasteiger partial charge in [0.05, 0.1) is 12.3 Å². The van der Waals surface area contributed by atoms with Gasteiger partial charge in [0.15, 0.2) is 5.82 Å². The van der Waals surface area contributed by atoms with Gasteiger partial charge in [0, 0.05) is 15.6 Å². The lowest BCUT2D eigenvalue weighted by molar-refractivity contribution is 0.242. The molecule has 0 aliphatic carbocycles. The fraction of sp³-hybridized carbons (Fsp3) is 0.167. The van der Waals surface area contributed by atoms with Crippen LogP contribution < -0.4 is 4.74 Å². The van der Waals surface area contributed by atoms with Crippen LogP contribution in [-0.2, 0) is 0 Å². The average molecular weight is 435 g/mol. The number of ether oxygens (including phenoxy) is 1. The number of nitrogens with one attached hydrogen (secondary N) is 1. The van der Waals surface area contributed by atoms with Crippen LogP contribution in [0.4, 0.5) is 4.39 Å². The Morgan fingerprint density at radius 1 is 1.31 bits per heavy atom. The number of hydrogen-bond acceptors (Lipinski definition) is 4. The van der Waals surface area contributed by atoms with Crippen LogP contribution in [0.1, 0.15) is 19.4 Å². The molecule has 0 aliphatic rings. The van der Waals surface area contributed by atoms with Crippen LogP contribution in [-0.4, -0.2) is 27.2 Å². The lowest BCUT2D eigenvalue weighted by Crippen LogP contribution is -2.05. The lowest BCUT2D eigenvalue weighted by atomic mass is 10.2. The van der Waals surface area contributed by atoms with E-state index in [1.54, 1.807) is 12.1 Å². The second kappa shape index (κ2) is 7.92. The number of aromatic amines is 1. The highest BCUT2D eigenvalue weighted by molar-refractivity contribution is 9.10. The molecule has 0 aliphatic heterocycles. The van der Waals surface area contributed by atoms with Crippen LogP contribution in [0, 0.1) is 10.6 Å². The molecule has 26 heavy (non-hydrogen) atoms. The summed E-state index contributed by atoms with van der Waals surface area (Å²) in [5.74, 6) is 0.858. The van der Waals surface area contributed by atoms with Crippen molar-refractivity contribution in [2.75, 3.05) is 0 Å². The van der Waals surface area contributed by atoms with Crippen molar-refractivity contribution in [1.82, 2.24) is 14.9 Å². The third-order valence-corrected chi connectivity index (χ3v) is 4.14. The van der Waals surface area contributed by atoms with Crippen molar-refractivity contribution in [3.8, 4) is 17.1 Å². The van der Waals surface area contributed by atoms with Crippen molar-refractivity contribution in [3.63, 3.8) is 0 Å². The minimum absolute atomic E-state index is 0.0589. The SMILES string of the molecule is CC(C)Oc1cccc(-c2n[nH]c(=S)n2/N=C/c2cc(Br)ccc2F)c1. The molecule has 0 fully saturated rings. The van der Waals surface area contributed by atoms with E-state index in [-0.39, 0.29) is 11.9 Å². The van der Waals surface area contributed by atoms with Crippen molar-refractivity contribution < 1.29 is 9.13 Å². The molecule has 0 unspecified atom stereocenters. The molecular formula is C18H16BrFN4OS. The van der Waals surface area contributed by atoms with E-state index < -0.39 is 0 Å². The minimum atomic E-state index is -0.374. The van der Waals surface area contributed by atoms with Crippen LogP contribution in [0.15, 0.2) is 52.0 Å². The lowest BCUT2D eigenvalue weighted by Gasteiger charge is -2.10. The Balaban J connectivity index is 1.98. The van der Waals surface area contributed by atoms with Gasteiger partial charge in [0.25, 0.3) is 0 Å². The molecule has 3 aromatic rings. The predicted octanol–water partition coefficient (Wildman–Crippen LogP) is 5.18. The van der Waals surface area contributed by atoms with E-state index in [1.165, 1.54) is 17.0 Å². The van der Waals surface area contributed by atoms with Crippen molar-refractivity contribution in [2.45, 2.75) is 20.0 Å². The van der Waals surface area contributed by atoms with Crippen molar-refractivity contribution in [2.24, 2.45) is 5.10 Å². The molecule has 0 bridgehead atoms. The topological polar surface area (TPSA) is 55.2 Å². The third-order valence-electron chi connectivity index (χ3n) is 3.38. The summed E-state index contributed by atoms with van der Waals surface area (Å²) in [5.41, 5.74) is 1.12. The fourth-order valence-corrected chi connectivity index (χ4v) is 2.86. The van der Waals surface area contributed by atoms with E-state index in [2.05, 4.69) is 31.2 Å². The average Bonchev–Trinajstić information content (AvgIpc) is 2.96. The number of aromatic nitrogens is 3. The first-order valence-electron chi connectivity index (χ1n) is 7.88. The smallest absolute Gasteiger partial charge is 0.216 e. The molecule has 3 rings (SSSR count). The fourth-order valence-electron chi connectivity index (χ4n) is 2.30. The zero-order valence-electron chi connectivity index (χ0n) is 14.1. The van der Waals surface area contributed by atoms with Gasteiger partial charge in [-0.05, 0) is 56.4 Å². The zero-order chi connectivity index (χ0) is 18.7. The van der Waals surface area contributed by atoms with Crippen LogP contribution in [0.2, 0.25) is 0 Å². The van der Waals surface area contributed by atoms with Gasteiger partial charge in [-0.1, -0.05) is 28.1 Å². The number of rotatable bonds is 5. The minimum Gasteiger partial charge on any atom is -0.491 e. The summed E-state index contributed by atoms with van der Waals surface area (Å²) in [5, 5.41) is 11.2. The van der Waals surface area contributed by atoms with Crippen LogP contribution in [0.5, 0.6) is 5.75 Å². The van der Waals surface area contributed by atoms with Gasteiger partial charge < -0.3 is 4.74 Å². The van der Waals surface area contributed by atoms with E-state index in [1.807, 2.05) is 38.1 Å². The van der Waals surface area contributed by atoms with Crippen LogP contribution in [0.25, 0.3) is 11.4 Å². The molecule has 1 N–H and O–H groups in total. The van der Waals surface area contributed by atoms with Gasteiger partial charge in [-0.25, -0.2) is 9.49 Å². The second-order valence-corrected chi connectivity index (χ2v) is 7.07. The molecular weight excluding hydrogens is 419 g/mol. The molecule has 0 saturated carbocycles. The first-order valence-corrected chi connectivity index (χ1v) is 9.08. The van der Waals surface area contributed by atoms with Crippen molar-refractivity contribution in [1.29, 1.82) is 0 Å². The highest BCUT2D eigenvalue weighted by Crippen LogP contribution is 2.23. The maximum Gasteiger partial charge on any atom is 0.216 e. The first-order chi connectivity index (χ1) is 12.4. The molecule has 0 amide bonds. The Morgan fingerprint density at radius 2 is 2.12 bits per heavy atom. The Morgan fingerprint density at radius 3 is 2.88 bits per heavy atom. The van der Waals surface area contributed by atoms with E-state index in [0.717, 1.165) is 15.8 Å². The Labute approximate surface area is 163 Å². The second-order valence-electron chi connectivity index (χ2n) is 5.77. The molecule has 8 heteroatoms. The van der Waals surface area contributed by atoms with Crippen molar-refractivity contribution >= 4 is 34.4 Å². The summed E-state index contributed by atoms with van der Waals surface area (Å²) in [6.07, 6.45) is 1.47. The van der Waals surface area contributed by atoms with E-state index in [9.17, 15) is 4.39 Å². The van der Waals surface area contributed by atoms with Gasteiger partial charge in [0.2, 0.25) is 4.77 Å². The number of benzene rings is 2. The van der Waals surface area contributed by atoms with Gasteiger partial charge >= 0.3 is 0 Å². The highest BCUT2D eigenvalue weighted by atomic mass is 79.9. The number of halogens is 2. The summed E-state index contributed by atoms with van der Waals surface area (Å²) >= 11 is 8.57. The molecule has 2 aromatic carbocycles. The first kappa shape index (κ1) is 18.5. The molecule has 1 aromatic heterocycles. The predicted molar refractivity (Wildman–Crippen MR) is 106 cm³/mol. The van der Waals surface area contributed by atoms with E-state index >= 15 is 0 Å². The van der Waals surface area contributed by atoms with Crippen LogP contribution >= 0.6 is 28.1 Å². The summed E-state index contributed by atoms with van der Waals surface area (Å²) < 4.78 is 22.1. The normalized spacial score (nSPS) is 11.4. The number of nitrogens with zero attached hydrogens (tertiary/aromatic N) is 3. The molecule has 0 radical (unpaired) electrons. The van der Waals surface area contributed by atoms with Gasteiger partial charge in [-0.3, -0.25) is 0 Å². The monoisotopic (exact) mass is 434 g/mol. The molecule has 1 heterocycles. The largest absolute Gasteiger partial charge is 0.491 e. The molecule has 134 valence electrons. The molecule has 0 spiro atoms. The maximum absolute atomic E-state index is 13.9. The quantitative estimate of drug-likeness (QED) is 0.444. The Bertz CT molecular complexity index is 1010. The Hall–Kier alpha value is -2.32. The number of hydrogen-bond donors (Lipinski definition) is 1. The van der Waals surface area contributed by atoms with Crippen molar-refractivity contribution in [3.05, 3.63) is 63.1 Å². The molecule has 0 atom stereocenters. The summed E-state index contributed by atoms with van der Waals surface area (Å²) in [7, 11) is 0. The zero-order valence-corrected chi connectivity index (χ0v) is 16.5. The summed E-state index contributed by atoms with van der Waals surface area (Å²) in [4.78, 5) is 0. The third kappa shape index (κ3) is 4.25. The maximum atomic E-state index is 13.9. The Kier molecular flexibility index (Phi) is 5.63. The van der Waals surface area contributed by atoms with Gasteiger partial charge in [0.1, 0.15) is 11.6 Å². The van der Waals surface area contributed by atoms with E-state index in [0.29, 0.717) is 16.2 Å². The number of H-pyrrole nitrogens is 1. The summed E-state index contributed by atoms with van der Waals surface area (Å²) in [6, 6.07) is 12.1. The van der Waals surface area contributed by atoms with Gasteiger partial charge in [-0.2, -0.15) is 14.9 Å². The van der Waals surface area contributed by atoms with Crippen LogP contribution in [0.3, 0.4) is 0 Å². The highest BCUT2D eigenvalue weighted by Gasteiger charge is 2.10. The summed E-state index contributed by atoms with van der Waals surface area (Å²) in [6.45, 7) is 3.92. The van der Waals surface area contributed by atoms with Gasteiger partial charge in [-0.15, -0.1) is 0 Å². The standard InChI is InChI=1S/C18H16BrFN4OS/c1-11(2)25-15-5-3-4-12(9-15)17-22-23-18(26)24(17)21-10-13-8-14(19)6-7-16(13)20/h3-11H,1-2H3,(H,23,26)/b21-10+. The molecule has 0 saturated heterocycles. The molecule has 5 nitrogen and oxygen atoms in total.